The van der Waals surface area contributed by atoms with Gasteiger partial charge in [-0.05, 0) is 65.4 Å². The van der Waals surface area contributed by atoms with Crippen molar-refractivity contribution in [1.82, 2.24) is 4.90 Å². The third-order valence-electron chi connectivity index (χ3n) is 4.58. The van der Waals surface area contributed by atoms with Crippen molar-refractivity contribution in [2.24, 2.45) is 0 Å². The van der Waals surface area contributed by atoms with E-state index in [0.717, 1.165) is 22.2 Å². The molecule has 138 valence electrons. The van der Waals surface area contributed by atoms with Gasteiger partial charge in [0.2, 0.25) is 5.91 Å². The van der Waals surface area contributed by atoms with Gasteiger partial charge < -0.3 is 10.2 Å². The molecule has 6 heteroatoms. The van der Waals surface area contributed by atoms with Crippen molar-refractivity contribution >= 4 is 44.8 Å². The maximum absolute atomic E-state index is 12.7. The second-order valence-corrected chi connectivity index (χ2v) is 8.65. The van der Waals surface area contributed by atoms with E-state index in [2.05, 4.69) is 21.2 Å². The van der Waals surface area contributed by atoms with Crippen LogP contribution >= 0.6 is 27.3 Å². The summed E-state index contributed by atoms with van der Waals surface area (Å²) in [6.07, 6.45) is 7.07. The number of thiophene rings is 1. The summed E-state index contributed by atoms with van der Waals surface area (Å²) >= 11 is 5.01. The maximum atomic E-state index is 12.7. The van der Waals surface area contributed by atoms with E-state index >= 15 is 0 Å². The molecule has 1 aliphatic carbocycles. The summed E-state index contributed by atoms with van der Waals surface area (Å²) in [5.74, 6) is -0.285. The Morgan fingerprint density at radius 3 is 2.65 bits per heavy atom. The van der Waals surface area contributed by atoms with Gasteiger partial charge in [-0.3, -0.25) is 9.59 Å². The topological polar surface area (TPSA) is 49.4 Å². The zero-order valence-electron chi connectivity index (χ0n) is 14.9. The second-order valence-electron chi connectivity index (χ2n) is 6.66. The van der Waals surface area contributed by atoms with Crippen LogP contribution in [0, 0.1) is 0 Å². The molecule has 26 heavy (non-hydrogen) atoms. The molecule has 1 heterocycles. The molecular weight excluding hydrogens is 412 g/mol. The Morgan fingerprint density at radius 2 is 1.88 bits per heavy atom. The summed E-state index contributed by atoms with van der Waals surface area (Å²) in [6.45, 7) is 0.0305. The smallest absolute Gasteiger partial charge is 0.264 e. The van der Waals surface area contributed by atoms with Gasteiger partial charge in [0.1, 0.15) is 0 Å². The van der Waals surface area contributed by atoms with Crippen LogP contribution in [0.15, 0.2) is 34.8 Å². The highest BCUT2D eigenvalue weighted by Crippen LogP contribution is 2.29. The largest absolute Gasteiger partial charge is 0.332 e. The number of anilines is 1. The number of para-hydroxylation sites is 1. The van der Waals surface area contributed by atoms with E-state index in [1.165, 1.54) is 41.0 Å². The van der Waals surface area contributed by atoms with Gasteiger partial charge in [0, 0.05) is 16.4 Å². The lowest BCUT2D eigenvalue weighted by Crippen LogP contribution is -2.34. The summed E-state index contributed by atoms with van der Waals surface area (Å²) in [7, 11) is 1.68. The lowest BCUT2D eigenvalue weighted by molar-refractivity contribution is -0.116. The van der Waals surface area contributed by atoms with E-state index in [0.29, 0.717) is 5.69 Å². The van der Waals surface area contributed by atoms with Crippen LogP contribution in [0.4, 0.5) is 5.69 Å². The third kappa shape index (κ3) is 4.74. The Kier molecular flexibility index (Phi) is 6.48. The molecule has 1 aliphatic rings. The summed E-state index contributed by atoms with van der Waals surface area (Å²) in [4.78, 5) is 28.6. The zero-order valence-corrected chi connectivity index (χ0v) is 17.3. The number of amides is 2. The zero-order chi connectivity index (χ0) is 18.5. The van der Waals surface area contributed by atoms with E-state index in [4.69, 9.17) is 0 Å². The second kappa shape index (κ2) is 8.82. The van der Waals surface area contributed by atoms with Gasteiger partial charge in [-0.25, -0.2) is 0 Å². The first-order valence-electron chi connectivity index (χ1n) is 8.96. The molecule has 0 aliphatic heterocycles. The lowest BCUT2D eigenvalue weighted by atomic mass is 10.00. The molecule has 0 bridgehead atoms. The SMILES string of the molecule is CN(CC(=O)Nc1ccccc1Br)C(=O)c1cc2c(s1)CCCCCC2. The van der Waals surface area contributed by atoms with E-state index in [9.17, 15) is 9.59 Å². The van der Waals surface area contributed by atoms with Gasteiger partial charge in [0.15, 0.2) is 0 Å². The number of nitrogens with zero attached hydrogens (tertiary/aromatic N) is 1. The predicted octanol–water partition coefficient (Wildman–Crippen LogP) is 4.88. The van der Waals surface area contributed by atoms with Gasteiger partial charge >= 0.3 is 0 Å². The number of benzene rings is 1. The number of carbonyl (C=O) groups is 2. The van der Waals surface area contributed by atoms with Crippen LogP contribution in [-0.2, 0) is 17.6 Å². The van der Waals surface area contributed by atoms with Crippen LogP contribution in [0.2, 0.25) is 0 Å². The van der Waals surface area contributed by atoms with Gasteiger partial charge in [0.25, 0.3) is 5.91 Å². The first kappa shape index (κ1) is 19.1. The molecule has 0 atom stereocenters. The molecule has 1 aromatic carbocycles. The van der Waals surface area contributed by atoms with E-state index < -0.39 is 0 Å². The number of aryl methyl sites for hydroxylation is 2. The van der Waals surface area contributed by atoms with E-state index in [1.54, 1.807) is 18.4 Å². The minimum absolute atomic E-state index is 0.0305. The molecule has 0 radical (unpaired) electrons. The summed E-state index contributed by atoms with van der Waals surface area (Å²) in [5.41, 5.74) is 2.03. The average molecular weight is 435 g/mol. The number of halogens is 1. The quantitative estimate of drug-likeness (QED) is 0.744. The van der Waals surface area contributed by atoms with Crippen LogP contribution in [0.5, 0.6) is 0 Å². The fourth-order valence-corrected chi connectivity index (χ4v) is 4.81. The highest BCUT2D eigenvalue weighted by atomic mass is 79.9. The number of hydrogen-bond donors (Lipinski definition) is 1. The molecule has 3 rings (SSSR count). The summed E-state index contributed by atoms with van der Waals surface area (Å²) in [6, 6.07) is 9.47. The van der Waals surface area contributed by atoms with Crippen LogP contribution in [0.25, 0.3) is 0 Å². The molecule has 0 fully saturated rings. The van der Waals surface area contributed by atoms with Gasteiger partial charge in [-0.15, -0.1) is 11.3 Å². The molecule has 1 N–H and O–H groups in total. The van der Waals surface area contributed by atoms with Crippen molar-refractivity contribution in [3.8, 4) is 0 Å². The highest BCUT2D eigenvalue weighted by molar-refractivity contribution is 9.10. The minimum atomic E-state index is -0.206. The number of fused-ring (bicyclic) bond motifs is 1. The Hall–Kier alpha value is -1.66. The van der Waals surface area contributed by atoms with Crippen LogP contribution in [0.3, 0.4) is 0 Å². The van der Waals surface area contributed by atoms with E-state index in [1.807, 2.05) is 30.3 Å². The molecule has 4 nitrogen and oxygen atoms in total. The summed E-state index contributed by atoms with van der Waals surface area (Å²) < 4.78 is 0.820. The van der Waals surface area contributed by atoms with Crippen LogP contribution in [-0.4, -0.2) is 30.3 Å². The molecule has 0 saturated carbocycles. The molecular formula is C20H23BrN2O2S. The Balaban J connectivity index is 1.63. The minimum Gasteiger partial charge on any atom is -0.332 e. The monoisotopic (exact) mass is 434 g/mol. The normalized spacial score (nSPS) is 14.1. The number of nitrogens with one attached hydrogen (secondary N) is 1. The predicted molar refractivity (Wildman–Crippen MR) is 110 cm³/mol. The summed E-state index contributed by atoms with van der Waals surface area (Å²) in [5, 5.41) is 2.84. The number of hydrogen-bond acceptors (Lipinski definition) is 3. The Bertz CT molecular complexity index is 777. The van der Waals surface area contributed by atoms with Crippen molar-refractivity contribution in [3.63, 3.8) is 0 Å². The molecule has 0 unspecified atom stereocenters. The number of rotatable bonds is 4. The molecule has 1 aromatic heterocycles. The van der Waals surface area contributed by atoms with Crippen LogP contribution < -0.4 is 5.32 Å². The van der Waals surface area contributed by atoms with Crippen molar-refractivity contribution in [2.45, 2.75) is 38.5 Å². The highest BCUT2D eigenvalue weighted by Gasteiger charge is 2.20. The number of likely N-dealkylation sites (N-methyl/N-ethyl adjacent to an activating group) is 1. The Labute approximate surface area is 166 Å². The molecule has 0 spiro atoms. The lowest BCUT2D eigenvalue weighted by Gasteiger charge is -2.16. The van der Waals surface area contributed by atoms with Gasteiger partial charge in [-0.2, -0.15) is 0 Å². The van der Waals surface area contributed by atoms with Crippen molar-refractivity contribution < 1.29 is 9.59 Å². The molecule has 2 amide bonds. The third-order valence-corrected chi connectivity index (χ3v) is 6.50. The maximum Gasteiger partial charge on any atom is 0.264 e. The average Bonchev–Trinajstić information content (AvgIpc) is 2.98. The van der Waals surface area contributed by atoms with Crippen molar-refractivity contribution in [3.05, 3.63) is 50.1 Å². The van der Waals surface area contributed by atoms with E-state index in [-0.39, 0.29) is 18.4 Å². The van der Waals surface area contributed by atoms with Crippen molar-refractivity contribution in [1.29, 1.82) is 0 Å². The fraction of sp³-hybridized carbons (Fsp3) is 0.400. The Morgan fingerprint density at radius 1 is 1.15 bits per heavy atom. The fourth-order valence-electron chi connectivity index (χ4n) is 3.18. The van der Waals surface area contributed by atoms with Gasteiger partial charge in [0.05, 0.1) is 17.1 Å². The standard InChI is InChI=1S/C20H23BrN2O2S/c1-23(13-19(24)22-16-10-7-6-9-15(16)21)20(25)18-12-14-8-4-2-3-5-11-17(14)26-18/h6-7,9-10,12H,2-5,8,11,13H2,1H3,(H,22,24). The van der Waals surface area contributed by atoms with Gasteiger partial charge in [-0.1, -0.05) is 25.0 Å². The molecule has 2 aromatic rings. The molecule has 0 saturated heterocycles. The first-order chi connectivity index (χ1) is 12.5. The first-order valence-corrected chi connectivity index (χ1v) is 10.6. The van der Waals surface area contributed by atoms with Crippen molar-refractivity contribution in [2.75, 3.05) is 18.9 Å². The van der Waals surface area contributed by atoms with Crippen LogP contribution in [0.1, 0.15) is 45.8 Å². The number of carbonyl (C=O) groups excluding carboxylic acids is 2.